The molecule has 2 atom stereocenters. The molecule has 3 heteroatoms. The highest BCUT2D eigenvalue weighted by Crippen LogP contribution is 2.30. The Morgan fingerprint density at radius 3 is 2.83 bits per heavy atom. The van der Waals surface area contributed by atoms with Crippen LogP contribution in [0.1, 0.15) is 31.2 Å². The van der Waals surface area contributed by atoms with Crippen molar-refractivity contribution in [2.75, 3.05) is 14.2 Å². The van der Waals surface area contributed by atoms with Gasteiger partial charge in [-0.2, -0.15) is 0 Å². The van der Waals surface area contributed by atoms with Gasteiger partial charge in [0.05, 0.1) is 7.11 Å². The van der Waals surface area contributed by atoms with Gasteiger partial charge in [-0.1, -0.05) is 12.8 Å². The summed E-state index contributed by atoms with van der Waals surface area (Å²) >= 11 is 0. The number of methoxy groups -OCH3 is 1. The van der Waals surface area contributed by atoms with E-state index in [1.54, 1.807) is 19.2 Å². The van der Waals surface area contributed by atoms with Crippen LogP contribution in [0, 0.1) is 11.7 Å². The molecule has 0 spiro atoms. The van der Waals surface area contributed by atoms with E-state index in [1.165, 1.54) is 31.7 Å². The molecular weight excluding hydrogens is 229 g/mol. The van der Waals surface area contributed by atoms with E-state index in [9.17, 15) is 4.39 Å². The van der Waals surface area contributed by atoms with Gasteiger partial charge in [0, 0.05) is 6.04 Å². The summed E-state index contributed by atoms with van der Waals surface area (Å²) in [5, 5.41) is 3.39. The van der Waals surface area contributed by atoms with Gasteiger partial charge >= 0.3 is 0 Å². The monoisotopic (exact) mass is 251 g/mol. The molecule has 100 valence electrons. The van der Waals surface area contributed by atoms with Crippen molar-refractivity contribution in [1.82, 2.24) is 5.32 Å². The van der Waals surface area contributed by atoms with Crippen LogP contribution in [0.25, 0.3) is 0 Å². The van der Waals surface area contributed by atoms with Gasteiger partial charge in [-0.25, -0.2) is 4.39 Å². The minimum Gasteiger partial charge on any atom is -0.496 e. The van der Waals surface area contributed by atoms with E-state index in [1.807, 2.05) is 7.05 Å². The molecule has 1 aromatic carbocycles. The van der Waals surface area contributed by atoms with Gasteiger partial charge in [-0.3, -0.25) is 0 Å². The van der Waals surface area contributed by atoms with Gasteiger partial charge in [-0.15, -0.1) is 0 Å². The number of hydrogen-bond acceptors (Lipinski definition) is 2. The average Bonchev–Trinajstić information content (AvgIpc) is 2.40. The lowest BCUT2D eigenvalue weighted by molar-refractivity contribution is 0.270. The molecule has 0 bridgehead atoms. The highest BCUT2D eigenvalue weighted by Gasteiger charge is 2.24. The second-order valence-corrected chi connectivity index (χ2v) is 5.10. The Morgan fingerprint density at radius 2 is 2.11 bits per heavy atom. The molecule has 0 heterocycles. The Kier molecular flexibility index (Phi) is 4.59. The summed E-state index contributed by atoms with van der Waals surface area (Å²) in [5.74, 6) is 1.21. The molecule has 1 aliphatic carbocycles. The van der Waals surface area contributed by atoms with Crippen molar-refractivity contribution in [2.45, 2.75) is 38.1 Å². The highest BCUT2D eigenvalue weighted by molar-refractivity contribution is 5.34. The van der Waals surface area contributed by atoms with E-state index in [0.717, 1.165) is 17.7 Å². The molecule has 1 saturated carbocycles. The first-order chi connectivity index (χ1) is 8.74. The number of benzene rings is 1. The maximum absolute atomic E-state index is 13.3. The summed E-state index contributed by atoms with van der Waals surface area (Å²) in [6, 6.07) is 5.34. The largest absolute Gasteiger partial charge is 0.496 e. The lowest BCUT2D eigenvalue weighted by Gasteiger charge is -2.31. The molecule has 0 aromatic heterocycles. The van der Waals surface area contributed by atoms with E-state index in [4.69, 9.17) is 4.74 Å². The summed E-state index contributed by atoms with van der Waals surface area (Å²) in [4.78, 5) is 0. The van der Waals surface area contributed by atoms with Crippen molar-refractivity contribution in [3.63, 3.8) is 0 Å². The quantitative estimate of drug-likeness (QED) is 0.887. The van der Waals surface area contributed by atoms with Crippen molar-refractivity contribution in [1.29, 1.82) is 0 Å². The predicted octanol–water partition coefficient (Wildman–Crippen LogP) is 3.16. The third kappa shape index (κ3) is 3.02. The Balaban J connectivity index is 2.14. The molecule has 0 amide bonds. The van der Waals surface area contributed by atoms with Gasteiger partial charge in [-0.05, 0) is 56.0 Å². The summed E-state index contributed by atoms with van der Waals surface area (Å²) < 4.78 is 18.7. The summed E-state index contributed by atoms with van der Waals surface area (Å²) in [7, 11) is 3.67. The third-order valence-corrected chi connectivity index (χ3v) is 4.00. The van der Waals surface area contributed by atoms with Crippen LogP contribution in [0.2, 0.25) is 0 Å². The van der Waals surface area contributed by atoms with Crippen LogP contribution in [-0.2, 0) is 6.42 Å². The summed E-state index contributed by atoms with van der Waals surface area (Å²) in [5.41, 5.74) is 0.990. The van der Waals surface area contributed by atoms with Crippen molar-refractivity contribution in [3.8, 4) is 5.75 Å². The fourth-order valence-electron chi connectivity index (χ4n) is 3.02. The fraction of sp³-hybridized carbons (Fsp3) is 0.600. The van der Waals surface area contributed by atoms with Crippen molar-refractivity contribution >= 4 is 0 Å². The van der Waals surface area contributed by atoms with Crippen LogP contribution in [0.3, 0.4) is 0 Å². The van der Waals surface area contributed by atoms with E-state index in [0.29, 0.717) is 12.0 Å². The topological polar surface area (TPSA) is 21.3 Å². The first kappa shape index (κ1) is 13.3. The third-order valence-electron chi connectivity index (χ3n) is 4.00. The molecule has 2 unspecified atom stereocenters. The Hall–Kier alpha value is -1.09. The second-order valence-electron chi connectivity index (χ2n) is 5.10. The number of rotatable bonds is 4. The molecule has 1 aliphatic rings. The predicted molar refractivity (Wildman–Crippen MR) is 71.5 cm³/mol. The van der Waals surface area contributed by atoms with E-state index >= 15 is 0 Å². The number of halogens is 1. The zero-order valence-electron chi connectivity index (χ0n) is 11.2. The molecule has 2 nitrogen and oxygen atoms in total. The van der Waals surface area contributed by atoms with E-state index in [2.05, 4.69) is 5.32 Å². The Bertz CT molecular complexity index is 394. The van der Waals surface area contributed by atoms with Crippen LogP contribution in [0.15, 0.2) is 18.2 Å². The minimum atomic E-state index is -0.178. The van der Waals surface area contributed by atoms with Crippen LogP contribution < -0.4 is 10.1 Å². The normalized spacial score (nSPS) is 23.9. The molecule has 1 N–H and O–H groups in total. The SMILES string of the molecule is CNC1CCCCC1Cc1cc(F)ccc1OC. The zero-order chi connectivity index (χ0) is 13.0. The van der Waals surface area contributed by atoms with Crippen LogP contribution in [0.4, 0.5) is 4.39 Å². The average molecular weight is 251 g/mol. The number of hydrogen-bond donors (Lipinski definition) is 1. The van der Waals surface area contributed by atoms with Crippen LogP contribution in [0.5, 0.6) is 5.75 Å². The molecule has 0 radical (unpaired) electrons. The van der Waals surface area contributed by atoms with Gasteiger partial charge in [0.2, 0.25) is 0 Å². The number of ether oxygens (including phenoxy) is 1. The summed E-state index contributed by atoms with van der Waals surface area (Å²) in [6.45, 7) is 0. The lowest BCUT2D eigenvalue weighted by atomic mass is 9.80. The molecular formula is C15H22FNO. The first-order valence-electron chi connectivity index (χ1n) is 6.74. The number of nitrogens with one attached hydrogen (secondary N) is 1. The van der Waals surface area contributed by atoms with Crippen LogP contribution in [-0.4, -0.2) is 20.2 Å². The van der Waals surface area contributed by atoms with E-state index in [-0.39, 0.29) is 5.82 Å². The zero-order valence-corrected chi connectivity index (χ0v) is 11.2. The Morgan fingerprint density at radius 1 is 1.33 bits per heavy atom. The second kappa shape index (κ2) is 6.19. The van der Waals surface area contributed by atoms with Gasteiger partial charge < -0.3 is 10.1 Å². The molecule has 1 fully saturated rings. The van der Waals surface area contributed by atoms with E-state index < -0.39 is 0 Å². The molecule has 0 aliphatic heterocycles. The smallest absolute Gasteiger partial charge is 0.123 e. The van der Waals surface area contributed by atoms with Gasteiger partial charge in [0.15, 0.2) is 0 Å². The fourth-order valence-corrected chi connectivity index (χ4v) is 3.02. The standard InChI is InChI=1S/C15H22FNO/c1-17-14-6-4-3-5-11(14)9-12-10-13(16)7-8-15(12)18-2/h7-8,10-11,14,17H,3-6,9H2,1-2H3. The van der Waals surface area contributed by atoms with Crippen molar-refractivity contribution in [3.05, 3.63) is 29.6 Å². The van der Waals surface area contributed by atoms with Gasteiger partial charge in [0.1, 0.15) is 11.6 Å². The maximum Gasteiger partial charge on any atom is 0.123 e. The minimum absolute atomic E-state index is 0.178. The van der Waals surface area contributed by atoms with Crippen molar-refractivity contribution < 1.29 is 9.13 Å². The summed E-state index contributed by atoms with van der Waals surface area (Å²) in [6.07, 6.45) is 5.90. The molecule has 2 rings (SSSR count). The maximum atomic E-state index is 13.3. The highest BCUT2D eigenvalue weighted by atomic mass is 19.1. The molecule has 0 saturated heterocycles. The van der Waals surface area contributed by atoms with Gasteiger partial charge in [0.25, 0.3) is 0 Å². The Labute approximate surface area is 109 Å². The van der Waals surface area contributed by atoms with Crippen molar-refractivity contribution in [2.24, 2.45) is 5.92 Å². The lowest BCUT2D eigenvalue weighted by Crippen LogP contribution is -2.37. The molecule has 1 aromatic rings. The molecule has 18 heavy (non-hydrogen) atoms. The first-order valence-corrected chi connectivity index (χ1v) is 6.74. The van der Waals surface area contributed by atoms with Crippen LogP contribution >= 0.6 is 0 Å².